The van der Waals surface area contributed by atoms with E-state index in [1.54, 1.807) is 13.8 Å². The maximum Gasteiger partial charge on any atom is 0.307 e. The lowest BCUT2D eigenvalue weighted by atomic mass is 9.89. The molecule has 0 spiro atoms. The lowest BCUT2D eigenvalue weighted by Crippen LogP contribution is -2.39. The molecule has 0 fully saturated rings. The molecule has 0 radical (unpaired) electrons. The highest BCUT2D eigenvalue weighted by molar-refractivity contribution is 5.83. The number of hydrogen-bond donors (Lipinski definition) is 8. The second-order valence-electron chi connectivity index (χ2n) is 13.7. The lowest BCUT2D eigenvalue weighted by molar-refractivity contribution is -0.174. The summed E-state index contributed by atoms with van der Waals surface area (Å²) >= 11 is 0. The monoisotopic (exact) mass is 721 g/mol. The van der Waals surface area contributed by atoms with Crippen LogP contribution in [0, 0.1) is 23.7 Å². The number of nitrogens with two attached hydrogens (primary N) is 1. The molecule has 0 aliphatic heterocycles. The molecule has 0 amide bonds. The topological polar surface area (TPSA) is 289 Å². The number of aliphatic hydroxyl groups is 3. The molecule has 0 saturated heterocycles. The van der Waals surface area contributed by atoms with Crippen LogP contribution in [0.5, 0.6) is 0 Å². The maximum atomic E-state index is 13.0. The van der Waals surface area contributed by atoms with Crippen molar-refractivity contribution in [3.05, 3.63) is 0 Å². The van der Waals surface area contributed by atoms with Crippen LogP contribution in [0.3, 0.4) is 0 Å². The molecular formula is C34H59NO15. The van der Waals surface area contributed by atoms with Gasteiger partial charge in [-0.3, -0.25) is 28.8 Å². The van der Waals surface area contributed by atoms with Crippen molar-refractivity contribution < 1.29 is 74.0 Å². The van der Waals surface area contributed by atoms with Crippen LogP contribution in [0.2, 0.25) is 0 Å². The lowest BCUT2D eigenvalue weighted by Gasteiger charge is -2.31. The minimum atomic E-state index is -1.59. The highest BCUT2D eigenvalue weighted by Crippen LogP contribution is 2.28. The minimum Gasteiger partial charge on any atom is -0.481 e. The van der Waals surface area contributed by atoms with E-state index in [-0.39, 0.29) is 37.5 Å². The van der Waals surface area contributed by atoms with Crippen LogP contribution < -0.4 is 5.73 Å². The number of carbonyl (C=O) groups is 6. The summed E-state index contributed by atoms with van der Waals surface area (Å²) < 4.78 is 11.3. The summed E-state index contributed by atoms with van der Waals surface area (Å²) in [7, 11) is 0. The second kappa shape index (κ2) is 24.7. The Morgan fingerprint density at radius 2 is 0.980 bits per heavy atom. The van der Waals surface area contributed by atoms with E-state index in [4.69, 9.17) is 25.4 Å². The van der Waals surface area contributed by atoms with E-state index in [0.717, 1.165) is 6.42 Å². The number of aliphatic carboxylic acids is 4. The Labute approximate surface area is 293 Å². The van der Waals surface area contributed by atoms with Gasteiger partial charge in [0.05, 0.1) is 55.8 Å². The number of carbonyl (C=O) groups excluding carboxylic acids is 2. The van der Waals surface area contributed by atoms with E-state index in [1.165, 1.54) is 0 Å². The molecular weight excluding hydrogens is 662 g/mol. The van der Waals surface area contributed by atoms with Crippen molar-refractivity contribution in [2.75, 3.05) is 0 Å². The number of ether oxygens (including phenoxy) is 2. The van der Waals surface area contributed by atoms with E-state index < -0.39 is 110 Å². The van der Waals surface area contributed by atoms with Crippen molar-refractivity contribution in [2.24, 2.45) is 29.4 Å². The summed E-state index contributed by atoms with van der Waals surface area (Å²) in [6.45, 7) is 7.20. The van der Waals surface area contributed by atoms with Gasteiger partial charge in [0.1, 0.15) is 12.2 Å². The first-order chi connectivity index (χ1) is 23.2. The fourth-order valence-corrected chi connectivity index (χ4v) is 5.76. The van der Waals surface area contributed by atoms with Gasteiger partial charge < -0.3 is 51.0 Å². The molecule has 0 aliphatic rings. The standard InChI is InChI=1S/C34H59NO15/c1-5-8-19(2)12-27(49-31(43)16-22(33(45)46)14-29(39)40)28(50-32(44)17-23(34(47)48)15-30(41)42)13-20(3)11-24(36)9-6-7-10-25(37)18-26(38)21(4)35/h19-28,36-38H,5-18,35H2,1-4H3,(H,39,40)(H,41,42)(H,45,46)(H,47,48)/t19-,20+,21+,22-,23-,24+,25-,26-,27-,28-/m0/s1. The first-order valence-electron chi connectivity index (χ1n) is 17.3. The zero-order valence-electron chi connectivity index (χ0n) is 29.6. The number of unbranched alkanes of at least 4 members (excludes halogenated alkanes) is 1. The Morgan fingerprint density at radius 3 is 1.34 bits per heavy atom. The summed E-state index contributed by atoms with van der Waals surface area (Å²) in [5.74, 6) is -11.6. The Bertz CT molecular complexity index is 1070. The summed E-state index contributed by atoms with van der Waals surface area (Å²) in [5, 5.41) is 67.7. The fraction of sp³-hybridized carbons (Fsp3) is 0.824. The fourth-order valence-electron chi connectivity index (χ4n) is 5.76. The summed E-state index contributed by atoms with van der Waals surface area (Å²) in [6, 6.07) is -0.476. The highest BCUT2D eigenvalue weighted by atomic mass is 16.6. The van der Waals surface area contributed by atoms with Gasteiger partial charge in [-0.2, -0.15) is 0 Å². The Hall–Kier alpha value is -3.34. The molecule has 0 heterocycles. The molecule has 0 aromatic heterocycles. The summed E-state index contributed by atoms with van der Waals surface area (Å²) in [6.07, 6.45) is -4.05. The molecule has 0 aliphatic carbocycles. The average molecular weight is 722 g/mol. The van der Waals surface area contributed by atoms with Crippen LogP contribution in [0.25, 0.3) is 0 Å². The van der Waals surface area contributed by atoms with Crippen molar-refractivity contribution >= 4 is 35.8 Å². The van der Waals surface area contributed by atoms with Gasteiger partial charge in [0, 0.05) is 12.5 Å². The number of carboxylic acid groups (broad SMARTS) is 4. The smallest absolute Gasteiger partial charge is 0.307 e. The van der Waals surface area contributed by atoms with Crippen molar-refractivity contribution in [3.63, 3.8) is 0 Å². The van der Waals surface area contributed by atoms with Gasteiger partial charge in [-0.05, 0) is 50.9 Å². The largest absolute Gasteiger partial charge is 0.481 e. The molecule has 0 rings (SSSR count). The van der Waals surface area contributed by atoms with Gasteiger partial charge in [-0.15, -0.1) is 0 Å². The zero-order valence-corrected chi connectivity index (χ0v) is 29.6. The van der Waals surface area contributed by atoms with E-state index in [2.05, 4.69) is 0 Å². The third kappa shape index (κ3) is 21.7. The minimum absolute atomic E-state index is 0.0294. The number of aliphatic hydroxyl groups excluding tert-OH is 3. The van der Waals surface area contributed by atoms with Crippen molar-refractivity contribution in [1.82, 2.24) is 0 Å². The van der Waals surface area contributed by atoms with Crippen LogP contribution in [0.4, 0.5) is 0 Å². The number of rotatable bonds is 29. The van der Waals surface area contributed by atoms with Gasteiger partial charge in [-0.1, -0.05) is 46.5 Å². The van der Waals surface area contributed by atoms with Gasteiger partial charge >= 0.3 is 35.8 Å². The first kappa shape index (κ1) is 46.7. The van der Waals surface area contributed by atoms with Crippen LogP contribution in [0.15, 0.2) is 0 Å². The highest BCUT2D eigenvalue weighted by Gasteiger charge is 2.35. The van der Waals surface area contributed by atoms with Crippen molar-refractivity contribution in [3.8, 4) is 0 Å². The SMILES string of the molecule is CCC[C@H](C)C[C@H](OC(=O)C[C@H](CC(=O)O)C(=O)O)[C@H](C[C@H](C)C[C@H](O)CCCC[C@H](O)C[C@H](O)[C@@H](C)N)OC(=O)C[C@H](CC(=O)O)C(=O)O. The van der Waals surface area contributed by atoms with Crippen LogP contribution >= 0.6 is 0 Å². The Balaban J connectivity index is 5.95. The Kier molecular flexibility index (Phi) is 23.1. The van der Waals surface area contributed by atoms with Gasteiger partial charge in [0.25, 0.3) is 0 Å². The van der Waals surface area contributed by atoms with E-state index >= 15 is 0 Å². The first-order valence-corrected chi connectivity index (χ1v) is 17.3. The zero-order chi connectivity index (χ0) is 38.6. The molecule has 16 heteroatoms. The van der Waals surface area contributed by atoms with E-state index in [0.29, 0.717) is 32.1 Å². The molecule has 0 unspecified atom stereocenters. The summed E-state index contributed by atoms with van der Waals surface area (Å²) in [5.41, 5.74) is 5.63. The van der Waals surface area contributed by atoms with Gasteiger partial charge in [0.2, 0.25) is 0 Å². The van der Waals surface area contributed by atoms with Crippen molar-refractivity contribution in [2.45, 2.75) is 154 Å². The Morgan fingerprint density at radius 1 is 0.580 bits per heavy atom. The molecule has 0 aromatic carbocycles. The van der Waals surface area contributed by atoms with Gasteiger partial charge in [0.15, 0.2) is 0 Å². The van der Waals surface area contributed by atoms with Crippen molar-refractivity contribution in [1.29, 1.82) is 0 Å². The predicted octanol–water partition coefficient (Wildman–Crippen LogP) is 2.56. The number of esters is 2. The molecule has 9 N–H and O–H groups in total. The van der Waals surface area contributed by atoms with Crippen LogP contribution in [-0.4, -0.2) is 108 Å². The molecule has 16 nitrogen and oxygen atoms in total. The van der Waals surface area contributed by atoms with E-state index in [9.17, 15) is 54.3 Å². The predicted molar refractivity (Wildman–Crippen MR) is 178 cm³/mol. The maximum absolute atomic E-state index is 13.0. The molecule has 0 bridgehead atoms. The van der Waals surface area contributed by atoms with Gasteiger partial charge in [-0.25, -0.2) is 0 Å². The average Bonchev–Trinajstić information content (AvgIpc) is 2.97. The molecule has 290 valence electrons. The van der Waals surface area contributed by atoms with E-state index in [1.807, 2.05) is 13.8 Å². The van der Waals surface area contributed by atoms with Crippen LogP contribution in [-0.2, 0) is 38.2 Å². The molecule has 0 aromatic rings. The summed E-state index contributed by atoms with van der Waals surface area (Å²) in [4.78, 5) is 71.5. The molecule has 0 saturated carbocycles. The third-order valence-electron chi connectivity index (χ3n) is 8.52. The molecule has 10 atom stereocenters. The normalized spacial score (nSPS) is 17.5. The second-order valence-corrected chi connectivity index (χ2v) is 13.7. The number of hydrogen-bond acceptors (Lipinski definition) is 12. The number of carboxylic acids is 4. The quantitative estimate of drug-likeness (QED) is 0.0407. The molecule has 50 heavy (non-hydrogen) atoms. The third-order valence-corrected chi connectivity index (χ3v) is 8.52. The van der Waals surface area contributed by atoms with Crippen LogP contribution in [0.1, 0.15) is 118 Å².